The van der Waals surface area contributed by atoms with E-state index < -0.39 is 0 Å². The lowest BCUT2D eigenvalue weighted by Gasteiger charge is -2.11. The number of anilines is 1. The van der Waals surface area contributed by atoms with Crippen LogP contribution in [0.3, 0.4) is 0 Å². The van der Waals surface area contributed by atoms with Gasteiger partial charge in [0.05, 0.1) is 23.8 Å². The molecule has 2 heterocycles. The summed E-state index contributed by atoms with van der Waals surface area (Å²) in [5.41, 5.74) is 1.46. The molecular weight excluding hydrogens is 320 g/mol. The maximum Gasteiger partial charge on any atom is 0.223 e. The van der Waals surface area contributed by atoms with Crippen LogP contribution in [0, 0.1) is 0 Å². The van der Waals surface area contributed by atoms with E-state index in [1.807, 2.05) is 0 Å². The first-order valence-corrected chi connectivity index (χ1v) is 6.27. The summed E-state index contributed by atoms with van der Waals surface area (Å²) in [4.78, 5) is 16.8. The molecule has 2 aromatic heterocycles. The summed E-state index contributed by atoms with van der Waals surface area (Å²) in [5.74, 6) is -0.0653. The molecule has 2 aromatic rings. The zero-order chi connectivity index (χ0) is 13.3. The Balaban J connectivity index is 2.40. The Bertz CT molecular complexity index is 581. The largest absolute Gasteiger partial charge is 0.312 e. The van der Waals surface area contributed by atoms with Gasteiger partial charge in [0.15, 0.2) is 4.60 Å². The molecule has 0 unspecified atom stereocenters. The minimum absolute atomic E-state index is 0.0653. The van der Waals surface area contributed by atoms with Gasteiger partial charge in [-0.2, -0.15) is 5.10 Å². The van der Waals surface area contributed by atoms with Gasteiger partial charge in [-0.1, -0.05) is 11.6 Å². The van der Waals surface area contributed by atoms with Crippen LogP contribution < -0.4 is 4.90 Å². The van der Waals surface area contributed by atoms with Crippen molar-refractivity contribution >= 4 is 39.1 Å². The van der Waals surface area contributed by atoms with Gasteiger partial charge in [-0.3, -0.25) is 4.79 Å². The van der Waals surface area contributed by atoms with E-state index in [0.717, 1.165) is 5.69 Å². The summed E-state index contributed by atoms with van der Waals surface area (Å²) in [6.07, 6.45) is 3.36. The number of carbonyl (C=O) groups excluding carboxylic acids is 1. The molecule has 0 atom stereocenters. The van der Waals surface area contributed by atoms with Gasteiger partial charge in [-0.15, -0.1) is 0 Å². The van der Waals surface area contributed by atoms with Crippen molar-refractivity contribution in [2.24, 2.45) is 0 Å². The average Bonchev–Trinajstić information content (AvgIpc) is 2.71. The van der Waals surface area contributed by atoms with Crippen molar-refractivity contribution in [2.75, 3.05) is 11.9 Å². The molecule has 0 aliphatic carbocycles. The van der Waals surface area contributed by atoms with Gasteiger partial charge in [-0.05, 0) is 28.1 Å². The van der Waals surface area contributed by atoms with Gasteiger partial charge in [0.1, 0.15) is 5.15 Å². The molecule has 2 rings (SSSR count). The number of pyridine rings is 1. The molecule has 18 heavy (non-hydrogen) atoms. The first-order chi connectivity index (χ1) is 8.49. The molecule has 94 valence electrons. The van der Waals surface area contributed by atoms with Crippen LogP contribution in [0.15, 0.2) is 29.1 Å². The predicted molar refractivity (Wildman–Crippen MR) is 73.2 cm³/mol. The molecule has 7 heteroatoms. The Morgan fingerprint density at radius 3 is 2.78 bits per heavy atom. The maximum atomic E-state index is 11.3. The Hall–Kier alpha value is -1.40. The first-order valence-electron chi connectivity index (χ1n) is 5.10. The minimum Gasteiger partial charge on any atom is -0.312 e. The van der Waals surface area contributed by atoms with E-state index in [9.17, 15) is 4.79 Å². The van der Waals surface area contributed by atoms with E-state index in [4.69, 9.17) is 11.6 Å². The van der Waals surface area contributed by atoms with Crippen LogP contribution in [0.2, 0.25) is 5.15 Å². The monoisotopic (exact) mass is 328 g/mol. The second-order valence-corrected chi connectivity index (χ2v) is 4.81. The quantitative estimate of drug-likeness (QED) is 0.796. The molecule has 0 N–H and O–H groups in total. The van der Waals surface area contributed by atoms with E-state index >= 15 is 0 Å². The number of hydrogen-bond acceptors (Lipinski definition) is 3. The summed E-state index contributed by atoms with van der Waals surface area (Å²) >= 11 is 9.05. The Morgan fingerprint density at radius 1 is 1.50 bits per heavy atom. The lowest BCUT2D eigenvalue weighted by Crippen LogP contribution is -2.22. The normalized spacial score (nSPS) is 10.4. The molecule has 0 saturated heterocycles. The zero-order valence-electron chi connectivity index (χ0n) is 9.76. The van der Waals surface area contributed by atoms with Crippen LogP contribution in [-0.4, -0.2) is 27.7 Å². The van der Waals surface area contributed by atoms with Crippen molar-refractivity contribution in [1.82, 2.24) is 14.8 Å². The van der Waals surface area contributed by atoms with Crippen LogP contribution >= 0.6 is 27.5 Å². The van der Waals surface area contributed by atoms with Crippen molar-refractivity contribution in [3.8, 4) is 5.69 Å². The molecule has 0 bridgehead atoms. The highest BCUT2D eigenvalue weighted by atomic mass is 79.9. The average molecular weight is 330 g/mol. The Morgan fingerprint density at radius 2 is 2.22 bits per heavy atom. The summed E-state index contributed by atoms with van der Waals surface area (Å²) < 4.78 is 2.22. The Labute approximate surface area is 118 Å². The molecule has 0 aromatic carbocycles. The summed E-state index contributed by atoms with van der Waals surface area (Å²) in [6.45, 7) is 1.49. The molecule has 0 radical (unpaired) electrons. The lowest BCUT2D eigenvalue weighted by atomic mass is 10.4. The zero-order valence-corrected chi connectivity index (χ0v) is 12.1. The highest BCUT2D eigenvalue weighted by Crippen LogP contribution is 2.25. The number of aromatic nitrogens is 3. The standard InChI is InChI=1S/C11H10BrClN4O/c1-7(18)16(2)9-6-17(15-11(9)12)8-3-4-10(13)14-5-8/h3-6H,1-2H3. The molecule has 0 aliphatic heterocycles. The molecule has 0 fully saturated rings. The number of amides is 1. The smallest absolute Gasteiger partial charge is 0.223 e. The number of hydrogen-bond donors (Lipinski definition) is 0. The van der Waals surface area contributed by atoms with Crippen LogP contribution in [0.5, 0.6) is 0 Å². The fourth-order valence-electron chi connectivity index (χ4n) is 1.37. The van der Waals surface area contributed by atoms with Gasteiger partial charge in [0.25, 0.3) is 0 Å². The molecule has 5 nitrogen and oxygen atoms in total. The Kier molecular flexibility index (Phi) is 3.68. The summed E-state index contributed by atoms with van der Waals surface area (Å²) in [6, 6.07) is 3.48. The lowest BCUT2D eigenvalue weighted by molar-refractivity contribution is -0.116. The van der Waals surface area contributed by atoms with Crippen LogP contribution in [0.4, 0.5) is 5.69 Å². The van der Waals surface area contributed by atoms with E-state index in [2.05, 4.69) is 26.0 Å². The van der Waals surface area contributed by atoms with E-state index in [1.54, 1.807) is 36.3 Å². The second kappa shape index (κ2) is 5.07. The van der Waals surface area contributed by atoms with Gasteiger partial charge < -0.3 is 4.90 Å². The summed E-state index contributed by atoms with van der Waals surface area (Å²) in [5, 5.41) is 4.69. The van der Waals surface area contributed by atoms with Crippen molar-refractivity contribution < 1.29 is 4.79 Å². The van der Waals surface area contributed by atoms with Gasteiger partial charge in [-0.25, -0.2) is 9.67 Å². The van der Waals surface area contributed by atoms with Crippen LogP contribution in [0.25, 0.3) is 5.69 Å². The SMILES string of the molecule is CC(=O)N(C)c1cn(-c2ccc(Cl)nc2)nc1Br. The second-order valence-electron chi connectivity index (χ2n) is 3.67. The van der Waals surface area contributed by atoms with Gasteiger partial charge >= 0.3 is 0 Å². The third-order valence-corrected chi connectivity index (χ3v) is 3.25. The number of rotatable bonds is 2. The fourth-order valence-corrected chi connectivity index (χ4v) is 2.03. The van der Waals surface area contributed by atoms with Crippen molar-refractivity contribution in [1.29, 1.82) is 0 Å². The van der Waals surface area contributed by atoms with Crippen molar-refractivity contribution in [3.63, 3.8) is 0 Å². The topological polar surface area (TPSA) is 51.0 Å². The third-order valence-electron chi connectivity index (χ3n) is 2.46. The van der Waals surface area contributed by atoms with Crippen LogP contribution in [0.1, 0.15) is 6.92 Å². The minimum atomic E-state index is -0.0653. The van der Waals surface area contributed by atoms with Gasteiger partial charge in [0.2, 0.25) is 5.91 Å². The maximum absolute atomic E-state index is 11.3. The summed E-state index contributed by atoms with van der Waals surface area (Å²) in [7, 11) is 1.69. The van der Waals surface area contributed by atoms with E-state index in [-0.39, 0.29) is 5.91 Å². The van der Waals surface area contributed by atoms with Crippen LogP contribution in [-0.2, 0) is 4.79 Å². The first kappa shape index (κ1) is 13.0. The molecule has 0 aliphatic rings. The fraction of sp³-hybridized carbons (Fsp3) is 0.182. The van der Waals surface area contributed by atoms with E-state index in [0.29, 0.717) is 15.4 Å². The van der Waals surface area contributed by atoms with Gasteiger partial charge in [0, 0.05) is 14.0 Å². The molecule has 0 spiro atoms. The van der Waals surface area contributed by atoms with E-state index in [1.165, 1.54) is 11.8 Å². The van der Waals surface area contributed by atoms with Crippen molar-refractivity contribution in [2.45, 2.75) is 6.92 Å². The number of nitrogens with zero attached hydrogens (tertiary/aromatic N) is 4. The third kappa shape index (κ3) is 2.54. The van der Waals surface area contributed by atoms with Crippen molar-refractivity contribution in [3.05, 3.63) is 34.3 Å². The predicted octanol–water partition coefficient (Wildman–Crippen LogP) is 2.67. The highest BCUT2D eigenvalue weighted by molar-refractivity contribution is 9.10. The number of carbonyl (C=O) groups is 1. The molecule has 1 amide bonds. The molecular formula is C11H10BrClN4O. The highest BCUT2D eigenvalue weighted by Gasteiger charge is 2.14. The number of halogens is 2. The molecule has 0 saturated carbocycles.